The van der Waals surface area contributed by atoms with Crippen LogP contribution in [0, 0.1) is 10.1 Å². The van der Waals surface area contributed by atoms with Crippen molar-refractivity contribution >= 4 is 28.1 Å². The van der Waals surface area contributed by atoms with Crippen molar-refractivity contribution in [3.05, 3.63) is 119 Å². The SMILES string of the molecule is O=C(c1ccco1)N(Cc1ccc(-c2ccc([N+](=O)[O-])cc2)o1)c1ccc2ccccc2c1. The van der Waals surface area contributed by atoms with Crippen LogP contribution in [0.25, 0.3) is 22.1 Å². The molecule has 162 valence electrons. The molecule has 7 nitrogen and oxygen atoms in total. The van der Waals surface area contributed by atoms with Gasteiger partial charge in [-0.15, -0.1) is 0 Å². The van der Waals surface area contributed by atoms with Gasteiger partial charge in [0.25, 0.3) is 11.6 Å². The van der Waals surface area contributed by atoms with Crippen LogP contribution < -0.4 is 4.90 Å². The summed E-state index contributed by atoms with van der Waals surface area (Å²) in [6, 6.07) is 26.7. The quantitative estimate of drug-likeness (QED) is 0.224. The van der Waals surface area contributed by atoms with Crippen molar-refractivity contribution in [2.75, 3.05) is 4.90 Å². The molecule has 0 saturated carbocycles. The fourth-order valence-corrected chi connectivity index (χ4v) is 3.68. The number of carbonyl (C=O) groups is 1. The Morgan fingerprint density at radius 1 is 0.879 bits per heavy atom. The lowest BCUT2D eigenvalue weighted by Gasteiger charge is -2.21. The maximum atomic E-state index is 13.3. The molecule has 2 heterocycles. The standard InChI is InChI=1S/C26H18N2O5/c29-26(25-6-3-15-32-25)27(22-12-7-18-4-1-2-5-20(18)16-22)17-23-13-14-24(33-23)19-8-10-21(11-9-19)28(30)31/h1-16H,17H2. The van der Waals surface area contributed by atoms with Crippen molar-refractivity contribution in [1.29, 1.82) is 0 Å². The molecule has 2 aromatic heterocycles. The molecular formula is C26H18N2O5. The number of nitrogens with zero attached hydrogens (tertiary/aromatic N) is 2. The third-order valence-electron chi connectivity index (χ3n) is 5.36. The van der Waals surface area contributed by atoms with E-state index in [9.17, 15) is 14.9 Å². The maximum Gasteiger partial charge on any atom is 0.294 e. The molecule has 0 N–H and O–H groups in total. The molecule has 0 atom stereocenters. The van der Waals surface area contributed by atoms with E-state index >= 15 is 0 Å². The van der Waals surface area contributed by atoms with E-state index in [4.69, 9.17) is 8.83 Å². The van der Waals surface area contributed by atoms with Gasteiger partial charge in [0, 0.05) is 23.4 Å². The van der Waals surface area contributed by atoms with E-state index in [2.05, 4.69) is 0 Å². The summed E-state index contributed by atoms with van der Waals surface area (Å²) in [5.41, 5.74) is 1.43. The van der Waals surface area contributed by atoms with Gasteiger partial charge in [0.05, 0.1) is 17.7 Å². The summed E-state index contributed by atoms with van der Waals surface area (Å²) < 4.78 is 11.3. The number of furan rings is 2. The Hall–Kier alpha value is -4.65. The molecule has 5 rings (SSSR count). The van der Waals surface area contributed by atoms with E-state index in [0.29, 0.717) is 22.8 Å². The number of nitro benzene ring substituents is 1. The zero-order valence-electron chi connectivity index (χ0n) is 17.4. The lowest BCUT2D eigenvalue weighted by molar-refractivity contribution is -0.384. The summed E-state index contributed by atoms with van der Waals surface area (Å²) in [6.07, 6.45) is 1.46. The first-order valence-electron chi connectivity index (χ1n) is 10.3. The van der Waals surface area contributed by atoms with Crippen LogP contribution in [-0.4, -0.2) is 10.8 Å². The largest absolute Gasteiger partial charge is 0.459 e. The van der Waals surface area contributed by atoms with E-state index in [1.54, 1.807) is 41.3 Å². The molecular weight excluding hydrogens is 420 g/mol. The Morgan fingerprint density at radius 2 is 1.67 bits per heavy atom. The van der Waals surface area contributed by atoms with Crippen LogP contribution in [0.1, 0.15) is 16.3 Å². The summed E-state index contributed by atoms with van der Waals surface area (Å²) in [4.78, 5) is 25.3. The Morgan fingerprint density at radius 3 is 2.39 bits per heavy atom. The monoisotopic (exact) mass is 438 g/mol. The van der Waals surface area contributed by atoms with Crippen molar-refractivity contribution in [2.24, 2.45) is 0 Å². The molecule has 3 aromatic carbocycles. The van der Waals surface area contributed by atoms with Gasteiger partial charge in [0.2, 0.25) is 0 Å². The number of anilines is 1. The van der Waals surface area contributed by atoms with Gasteiger partial charge in [-0.3, -0.25) is 19.8 Å². The first-order valence-corrected chi connectivity index (χ1v) is 10.3. The smallest absolute Gasteiger partial charge is 0.294 e. The van der Waals surface area contributed by atoms with Gasteiger partial charge in [0.15, 0.2) is 5.76 Å². The number of non-ortho nitro benzene ring substituents is 1. The summed E-state index contributed by atoms with van der Waals surface area (Å²) in [6.45, 7) is 0.185. The second kappa shape index (κ2) is 8.47. The van der Waals surface area contributed by atoms with Crippen LogP contribution in [0.2, 0.25) is 0 Å². The zero-order chi connectivity index (χ0) is 22.8. The minimum atomic E-state index is -0.445. The average molecular weight is 438 g/mol. The summed E-state index contributed by atoms with van der Waals surface area (Å²) in [5, 5.41) is 13.0. The van der Waals surface area contributed by atoms with E-state index in [1.807, 2.05) is 42.5 Å². The first kappa shape index (κ1) is 20.3. The number of nitro groups is 1. The Bertz CT molecular complexity index is 1440. The minimum absolute atomic E-state index is 0.0112. The summed E-state index contributed by atoms with van der Waals surface area (Å²) >= 11 is 0. The Kier molecular flexibility index (Phi) is 5.20. The normalized spacial score (nSPS) is 10.9. The van der Waals surface area contributed by atoms with Gasteiger partial charge in [-0.1, -0.05) is 30.3 Å². The molecule has 0 unspecified atom stereocenters. The molecule has 0 fully saturated rings. The van der Waals surface area contributed by atoms with Crippen molar-refractivity contribution in [1.82, 2.24) is 0 Å². The van der Waals surface area contributed by atoms with Gasteiger partial charge in [0.1, 0.15) is 11.5 Å². The number of fused-ring (bicyclic) bond motifs is 1. The Balaban J connectivity index is 1.47. The van der Waals surface area contributed by atoms with Gasteiger partial charge < -0.3 is 8.83 Å². The molecule has 33 heavy (non-hydrogen) atoms. The topological polar surface area (TPSA) is 89.7 Å². The number of rotatable bonds is 6. The summed E-state index contributed by atoms with van der Waals surface area (Å²) in [7, 11) is 0. The predicted molar refractivity (Wildman–Crippen MR) is 124 cm³/mol. The second-order valence-electron chi connectivity index (χ2n) is 7.47. The highest BCUT2D eigenvalue weighted by Crippen LogP contribution is 2.28. The van der Waals surface area contributed by atoms with Gasteiger partial charge in [-0.2, -0.15) is 0 Å². The zero-order valence-corrected chi connectivity index (χ0v) is 17.4. The number of hydrogen-bond donors (Lipinski definition) is 0. The van der Waals surface area contributed by atoms with Crippen LogP contribution >= 0.6 is 0 Å². The molecule has 5 aromatic rings. The fourth-order valence-electron chi connectivity index (χ4n) is 3.68. The number of amides is 1. The molecule has 0 aliphatic rings. The molecule has 0 spiro atoms. The second-order valence-corrected chi connectivity index (χ2v) is 7.47. The molecule has 1 amide bonds. The molecule has 7 heteroatoms. The van der Waals surface area contributed by atoms with Crippen LogP contribution in [0.3, 0.4) is 0 Å². The average Bonchev–Trinajstić information content (AvgIpc) is 3.54. The van der Waals surface area contributed by atoms with Crippen molar-refractivity contribution < 1.29 is 18.6 Å². The van der Waals surface area contributed by atoms with E-state index in [-0.39, 0.29) is 23.9 Å². The first-order chi connectivity index (χ1) is 16.1. The highest BCUT2D eigenvalue weighted by molar-refractivity contribution is 6.05. The van der Waals surface area contributed by atoms with Gasteiger partial charge in [-0.05, 0) is 59.3 Å². The highest BCUT2D eigenvalue weighted by atomic mass is 16.6. The van der Waals surface area contributed by atoms with Crippen LogP contribution in [0.4, 0.5) is 11.4 Å². The van der Waals surface area contributed by atoms with Crippen LogP contribution in [-0.2, 0) is 6.54 Å². The predicted octanol–water partition coefficient (Wildman–Crippen LogP) is 6.45. The van der Waals surface area contributed by atoms with E-state index in [0.717, 1.165) is 10.8 Å². The molecule has 0 bridgehead atoms. The van der Waals surface area contributed by atoms with Crippen molar-refractivity contribution in [3.8, 4) is 11.3 Å². The highest BCUT2D eigenvalue weighted by Gasteiger charge is 2.22. The third kappa shape index (κ3) is 4.12. The van der Waals surface area contributed by atoms with Crippen molar-refractivity contribution in [2.45, 2.75) is 6.54 Å². The summed E-state index contributed by atoms with van der Waals surface area (Å²) in [5.74, 6) is 1.06. The maximum absolute atomic E-state index is 13.3. The van der Waals surface area contributed by atoms with Crippen molar-refractivity contribution in [3.63, 3.8) is 0 Å². The molecule has 0 radical (unpaired) electrons. The van der Waals surface area contributed by atoms with Crippen LogP contribution in [0.5, 0.6) is 0 Å². The molecule has 0 saturated heterocycles. The lowest BCUT2D eigenvalue weighted by Crippen LogP contribution is -2.29. The minimum Gasteiger partial charge on any atom is -0.459 e. The van der Waals surface area contributed by atoms with Gasteiger partial charge in [-0.25, -0.2) is 0 Å². The molecule has 0 aliphatic carbocycles. The van der Waals surface area contributed by atoms with E-state index in [1.165, 1.54) is 18.4 Å². The number of carbonyl (C=O) groups excluding carboxylic acids is 1. The van der Waals surface area contributed by atoms with Gasteiger partial charge >= 0.3 is 0 Å². The fraction of sp³-hybridized carbons (Fsp3) is 0.0385. The lowest BCUT2D eigenvalue weighted by atomic mass is 10.1. The van der Waals surface area contributed by atoms with E-state index < -0.39 is 4.92 Å². The Labute approximate surface area is 188 Å². The number of hydrogen-bond acceptors (Lipinski definition) is 5. The number of benzene rings is 3. The van der Waals surface area contributed by atoms with Crippen LogP contribution in [0.15, 0.2) is 106 Å². The third-order valence-corrected chi connectivity index (χ3v) is 5.36. The molecule has 0 aliphatic heterocycles.